The standard InChI is InChI=1S/C25H31N7O5/c1-5-32-16(3)23(15(2)28-32)25(34)30-12-19-22(13-30)37-14-18-11-31(29-27-18)8-9-36-21-10-17(24(33)26-19)6-7-20(21)35-4/h6-7,10-11,19,22H,5,8-9,12-14H2,1-4H3,(H,26,33)/t19-,22-/m0/s1. The molecule has 12 nitrogen and oxygen atoms in total. The predicted octanol–water partition coefficient (Wildman–Crippen LogP) is 1.35. The number of benzene rings is 1. The van der Waals surface area contributed by atoms with Gasteiger partial charge in [0.1, 0.15) is 12.3 Å². The fourth-order valence-electron chi connectivity index (χ4n) is 4.86. The topological polar surface area (TPSA) is 126 Å². The van der Waals surface area contributed by atoms with Gasteiger partial charge < -0.3 is 24.4 Å². The van der Waals surface area contributed by atoms with E-state index < -0.39 is 12.1 Å². The molecule has 1 saturated heterocycles. The molecule has 1 fully saturated rings. The summed E-state index contributed by atoms with van der Waals surface area (Å²) in [7, 11) is 1.55. The molecule has 4 heterocycles. The number of aryl methyl sites for hydroxylation is 2. The van der Waals surface area contributed by atoms with Crippen molar-refractivity contribution in [3.05, 3.63) is 52.6 Å². The van der Waals surface area contributed by atoms with Gasteiger partial charge in [-0.2, -0.15) is 5.10 Å². The number of hydrogen-bond donors (Lipinski definition) is 1. The quantitative estimate of drug-likeness (QED) is 0.561. The van der Waals surface area contributed by atoms with E-state index in [1.807, 2.05) is 25.5 Å². The third-order valence-electron chi connectivity index (χ3n) is 6.80. The smallest absolute Gasteiger partial charge is 0.257 e. The van der Waals surface area contributed by atoms with Crippen molar-refractivity contribution in [1.82, 2.24) is 35.0 Å². The number of carbonyl (C=O) groups excluding carboxylic acids is 2. The summed E-state index contributed by atoms with van der Waals surface area (Å²) in [6.07, 6.45) is 1.37. The molecule has 12 heteroatoms. The largest absolute Gasteiger partial charge is 0.493 e. The highest BCUT2D eigenvalue weighted by Gasteiger charge is 2.39. The van der Waals surface area contributed by atoms with Crippen molar-refractivity contribution in [1.29, 1.82) is 0 Å². The minimum atomic E-state index is -0.432. The van der Waals surface area contributed by atoms with Crippen LogP contribution in [0.5, 0.6) is 11.5 Å². The summed E-state index contributed by atoms with van der Waals surface area (Å²) in [6, 6.07) is 4.61. The first-order valence-corrected chi connectivity index (χ1v) is 12.3. The number of rotatable bonds is 3. The molecule has 2 aromatic heterocycles. The van der Waals surface area contributed by atoms with Gasteiger partial charge in [-0.25, -0.2) is 4.68 Å². The van der Waals surface area contributed by atoms with Gasteiger partial charge in [-0.05, 0) is 39.0 Å². The summed E-state index contributed by atoms with van der Waals surface area (Å²) < 4.78 is 21.0. The third kappa shape index (κ3) is 4.88. The van der Waals surface area contributed by atoms with Gasteiger partial charge in [0.2, 0.25) is 0 Å². The van der Waals surface area contributed by atoms with Crippen LogP contribution >= 0.6 is 0 Å². The second-order valence-corrected chi connectivity index (χ2v) is 9.19. The van der Waals surface area contributed by atoms with E-state index in [0.29, 0.717) is 66.8 Å². The maximum absolute atomic E-state index is 13.6. The van der Waals surface area contributed by atoms with Gasteiger partial charge in [-0.1, -0.05) is 5.21 Å². The lowest BCUT2D eigenvalue weighted by molar-refractivity contribution is 0.0291. The van der Waals surface area contributed by atoms with Crippen molar-refractivity contribution >= 4 is 11.8 Å². The molecule has 196 valence electrons. The molecule has 5 rings (SSSR count). The Labute approximate surface area is 214 Å². The molecular formula is C25H31N7O5. The highest BCUT2D eigenvalue weighted by atomic mass is 16.5. The molecule has 4 bridgehead atoms. The summed E-state index contributed by atoms with van der Waals surface area (Å²) in [6.45, 7) is 8.02. The Hall–Kier alpha value is -3.93. The second-order valence-electron chi connectivity index (χ2n) is 9.19. The molecular weight excluding hydrogens is 478 g/mol. The van der Waals surface area contributed by atoms with Crippen LogP contribution in [0.3, 0.4) is 0 Å². The van der Waals surface area contributed by atoms with Gasteiger partial charge in [-0.3, -0.25) is 14.3 Å². The summed E-state index contributed by atoms with van der Waals surface area (Å²) in [5.74, 6) is 0.573. The third-order valence-corrected chi connectivity index (χ3v) is 6.80. The van der Waals surface area contributed by atoms with Crippen LogP contribution in [0.15, 0.2) is 24.4 Å². The van der Waals surface area contributed by atoms with Crippen molar-refractivity contribution < 1.29 is 23.8 Å². The molecule has 1 N–H and O–H groups in total. The van der Waals surface area contributed by atoms with Crippen molar-refractivity contribution in [2.75, 3.05) is 26.8 Å². The number of nitrogens with zero attached hydrogens (tertiary/aromatic N) is 6. The Morgan fingerprint density at radius 1 is 1.27 bits per heavy atom. The van der Waals surface area contributed by atoms with Gasteiger partial charge >= 0.3 is 0 Å². The molecule has 2 atom stereocenters. The van der Waals surface area contributed by atoms with Crippen molar-refractivity contribution in [3.8, 4) is 11.5 Å². The van der Waals surface area contributed by atoms with E-state index in [0.717, 1.165) is 5.69 Å². The van der Waals surface area contributed by atoms with E-state index in [4.69, 9.17) is 14.2 Å². The number of fused-ring (bicyclic) bond motifs is 5. The van der Waals surface area contributed by atoms with Crippen molar-refractivity contribution in [3.63, 3.8) is 0 Å². The Morgan fingerprint density at radius 2 is 2.11 bits per heavy atom. The summed E-state index contributed by atoms with van der Waals surface area (Å²) in [5.41, 5.74) is 3.18. The normalized spacial score (nSPS) is 19.9. The van der Waals surface area contributed by atoms with E-state index in [-0.39, 0.29) is 18.4 Å². The number of carbonyl (C=O) groups is 2. The monoisotopic (exact) mass is 509 g/mol. The number of likely N-dealkylation sites (tertiary alicyclic amines) is 1. The number of hydrogen-bond acceptors (Lipinski definition) is 8. The number of aromatic nitrogens is 5. The van der Waals surface area contributed by atoms with Crippen LogP contribution in [0.1, 0.15) is 44.7 Å². The fourth-order valence-corrected chi connectivity index (χ4v) is 4.86. The van der Waals surface area contributed by atoms with Gasteiger partial charge in [-0.15, -0.1) is 5.10 Å². The van der Waals surface area contributed by atoms with E-state index in [1.165, 1.54) is 0 Å². The number of nitrogens with one attached hydrogen (secondary N) is 1. The minimum absolute atomic E-state index is 0.125. The molecule has 37 heavy (non-hydrogen) atoms. The molecule has 0 spiro atoms. The molecule has 0 aliphatic carbocycles. The van der Waals surface area contributed by atoms with Crippen LogP contribution < -0.4 is 14.8 Å². The first-order valence-electron chi connectivity index (χ1n) is 12.3. The maximum atomic E-state index is 13.6. The van der Waals surface area contributed by atoms with E-state index >= 15 is 0 Å². The first kappa shape index (κ1) is 24.8. The SMILES string of the molecule is CCn1nc(C)c(C(=O)N2C[C@@H]3NC(=O)c4ccc(OC)c(c4)OCCn4cc(nn4)CO[C@H]3C2)c1C. The fraction of sp³-hybridized carbons (Fsp3) is 0.480. The molecule has 1 aromatic carbocycles. The second kappa shape index (κ2) is 10.2. The summed E-state index contributed by atoms with van der Waals surface area (Å²) in [4.78, 5) is 28.5. The van der Waals surface area contributed by atoms with Crippen molar-refractivity contribution in [2.24, 2.45) is 0 Å². The zero-order valence-corrected chi connectivity index (χ0v) is 21.4. The Bertz CT molecular complexity index is 1320. The van der Waals surface area contributed by atoms with Gasteiger partial charge in [0.25, 0.3) is 11.8 Å². The number of methoxy groups -OCH3 is 1. The minimum Gasteiger partial charge on any atom is -0.493 e. The molecule has 3 aromatic rings. The predicted molar refractivity (Wildman–Crippen MR) is 132 cm³/mol. The lowest BCUT2D eigenvalue weighted by atomic mass is 10.1. The van der Waals surface area contributed by atoms with Gasteiger partial charge in [0.05, 0.1) is 49.9 Å². The van der Waals surface area contributed by atoms with Crippen molar-refractivity contribution in [2.45, 2.75) is 52.6 Å². The van der Waals surface area contributed by atoms with Crippen LogP contribution in [0, 0.1) is 13.8 Å². The highest BCUT2D eigenvalue weighted by molar-refractivity contribution is 5.97. The molecule has 2 amide bonds. The lowest BCUT2D eigenvalue weighted by Crippen LogP contribution is -2.44. The summed E-state index contributed by atoms with van der Waals surface area (Å²) in [5, 5.41) is 15.9. The number of amides is 2. The molecule has 0 radical (unpaired) electrons. The lowest BCUT2D eigenvalue weighted by Gasteiger charge is -2.20. The van der Waals surface area contributed by atoms with E-state index in [2.05, 4.69) is 20.7 Å². The van der Waals surface area contributed by atoms with Crippen LogP contribution in [0.25, 0.3) is 0 Å². The number of ether oxygens (including phenoxy) is 3. The Morgan fingerprint density at radius 3 is 2.86 bits per heavy atom. The van der Waals surface area contributed by atoms with Crippen LogP contribution in [0.4, 0.5) is 0 Å². The zero-order valence-electron chi connectivity index (χ0n) is 21.4. The highest BCUT2D eigenvalue weighted by Crippen LogP contribution is 2.29. The van der Waals surface area contributed by atoms with E-state index in [1.54, 1.807) is 41.1 Å². The molecule has 0 unspecified atom stereocenters. The van der Waals surface area contributed by atoms with E-state index in [9.17, 15) is 9.59 Å². The molecule has 2 aliphatic rings. The zero-order chi connectivity index (χ0) is 26.1. The van der Waals surface area contributed by atoms with Crippen LogP contribution in [-0.2, 0) is 24.4 Å². The van der Waals surface area contributed by atoms with Crippen LogP contribution in [0.2, 0.25) is 0 Å². The Balaban J connectivity index is 1.43. The van der Waals surface area contributed by atoms with Gasteiger partial charge in [0.15, 0.2) is 11.5 Å². The van der Waals surface area contributed by atoms with Crippen LogP contribution in [-0.4, -0.2) is 80.4 Å². The first-order chi connectivity index (χ1) is 17.9. The average Bonchev–Trinajstić information content (AvgIpc) is 3.59. The Kier molecular flexibility index (Phi) is 6.83. The molecule has 2 aliphatic heterocycles. The molecule has 0 saturated carbocycles. The average molecular weight is 510 g/mol. The summed E-state index contributed by atoms with van der Waals surface area (Å²) >= 11 is 0. The maximum Gasteiger partial charge on any atom is 0.257 e. The van der Waals surface area contributed by atoms with Gasteiger partial charge in [0, 0.05) is 30.9 Å².